The standard InChI is InChI=1S/C24H17Cl3FN3O4/c1-3-20(32)35-22-16(29-23(33)21-12(25)6-4-7-15(21)28)8-5-9-17(22)31-19-11-14(27)13(26)10-18(19)30(2)24(31)34/h4-11H,3H2,1-2H3,(H,29,33). The number of aryl methyl sites for hydroxylation is 1. The number of para-hydroxylation sites is 1. The molecule has 7 nitrogen and oxygen atoms in total. The van der Waals surface area contributed by atoms with Crippen LogP contribution in [0.5, 0.6) is 5.75 Å². The van der Waals surface area contributed by atoms with E-state index < -0.39 is 23.4 Å². The topological polar surface area (TPSA) is 82.3 Å². The number of amides is 1. The summed E-state index contributed by atoms with van der Waals surface area (Å²) < 4.78 is 22.5. The summed E-state index contributed by atoms with van der Waals surface area (Å²) in [4.78, 5) is 38.4. The van der Waals surface area contributed by atoms with Crippen molar-refractivity contribution < 1.29 is 18.7 Å². The van der Waals surface area contributed by atoms with E-state index >= 15 is 0 Å². The number of carbonyl (C=O) groups excluding carboxylic acids is 2. The molecule has 0 radical (unpaired) electrons. The van der Waals surface area contributed by atoms with Crippen molar-refractivity contribution in [2.45, 2.75) is 13.3 Å². The maximum absolute atomic E-state index is 14.3. The van der Waals surface area contributed by atoms with Crippen LogP contribution in [-0.2, 0) is 11.8 Å². The number of imidazole rings is 1. The number of halogens is 4. The number of ether oxygens (including phenoxy) is 1. The van der Waals surface area contributed by atoms with Gasteiger partial charge in [0, 0.05) is 13.5 Å². The molecule has 1 N–H and O–H groups in total. The minimum absolute atomic E-state index is 0.0206. The Balaban J connectivity index is 1.93. The maximum atomic E-state index is 14.3. The lowest BCUT2D eigenvalue weighted by atomic mass is 10.1. The number of nitrogens with zero attached hydrogens (tertiary/aromatic N) is 2. The van der Waals surface area contributed by atoms with Gasteiger partial charge in [0.1, 0.15) is 5.82 Å². The first-order valence-electron chi connectivity index (χ1n) is 10.3. The maximum Gasteiger partial charge on any atom is 0.333 e. The van der Waals surface area contributed by atoms with Gasteiger partial charge >= 0.3 is 11.7 Å². The summed E-state index contributed by atoms with van der Waals surface area (Å²) in [5, 5.41) is 2.91. The highest BCUT2D eigenvalue weighted by Crippen LogP contribution is 2.36. The highest BCUT2D eigenvalue weighted by molar-refractivity contribution is 6.42. The van der Waals surface area contributed by atoms with E-state index in [2.05, 4.69) is 5.32 Å². The van der Waals surface area contributed by atoms with Crippen molar-refractivity contribution in [3.05, 3.63) is 85.5 Å². The van der Waals surface area contributed by atoms with Crippen LogP contribution in [0.15, 0.2) is 53.3 Å². The van der Waals surface area contributed by atoms with E-state index in [1.54, 1.807) is 26.1 Å². The lowest BCUT2D eigenvalue weighted by molar-refractivity contribution is -0.133. The van der Waals surface area contributed by atoms with Crippen molar-refractivity contribution in [1.29, 1.82) is 0 Å². The summed E-state index contributed by atoms with van der Waals surface area (Å²) in [5.74, 6) is -2.42. The van der Waals surface area contributed by atoms with Gasteiger partial charge in [0.25, 0.3) is 5.91 Å². The number of anilines is 1. The number of hydrogen-bond donors (Lipinski definition) is 1. The Labute approximate surface area is 213 Å². The average molecular weight is 537 g/mol. The van der Waals surface area contributed by atoms with Crippen LogP contribution in [0.2, 0.25) is 15.1 Å². The molecule has 0 aliphatic rings. The third-order valence-corrected chi connectivity index (χ3v) is 6.31. The molecule has 1 heterocycles. The van der Waals surface area contributed by atoms with Crippen LogP contribution in [0.4, 0.5) is 10.1 Å². The molecule has 35 heavy (non-hydrogen) atoms. The number of esters is 1. The van der Waals surface area contributed by atoms with Crippen LogP contribution in [0.1, 0.15) is 23.7 Å². The van der Waals surface area contributed by atoms with Gasteiger partial charge < -0.3 is 10.1 Å². The summed E-state index contributed by atoms with van der Waals surface area (Å²) in [6.45, 7) is 1.59. The molecule has 0 bridgehead atoms. The van der Waals surface area contributed by atoms with Crippen molar-refractivity contribution in [1.82, 2.24) is 9.13 Å². The van der Waals surface area contributed by atoms with Crippen molar-refractivity contribution >= 4 is 63.4 Å². The molecule has 3 aromatic carbocycles. The van der Waals surface area contributed by atoms with Gasteiger partial charge in [-0.25, -0.2) is 9.18 Å². The van der Waals surface area contributed by atoms with E-state index in [0.29, 0.717) is 11.0 Å². The summed E-state index contributed by atoms with van der Waals surface area (Å²) in [6.07, 6.45) is 0.0206. The van der Waals surface area contributed by atoms with E-state index in [-0.39, 0.29) is 44.2 Å². The van der Waals surface area contributed by atoms with E-state index in [1.165, 1.54) is 39.5 Å². The molecular weight excluding hydrogens is 520 g/mol. The minimum Gasteiger partial charge on any atom is -0.422 e. The van der Waals surface area contributed by atoms with Crippen LogP contribution < -0.4 is 15.7 Å². The molecule has 0 atom stereocenters. The summed E-state index contributed by atoms with van der Waals surface area (Å²) >= 11 is 18.4. The van der Waals surface area contributed by atoms with Gasteiger partial charge in [-0.15, -0.1) is 0 Å². The molecule has 0 fully saturated rings. The third kappa shape index (κ3) is 4.52. The summed E-state index contributed by atoms with van der Waals surface area (Å²) in [6, 6.07) is 11.4. The molecule has 4 rings (SSSR count). The highest BCUT2D eigenvalue weighted by Gasteiger charge is 2.23. The predicted molar refractivity (Wildman–Crippen MR) is 134 cm³/mol. The van der Waals surface area contributed by atoms with Crippen molar-refractivity contribution in [3.63, 3.8) is 0 Å². The lowest BCUT2D eigenvalue weighted by Crippen LogP contribution is -2.23. The number of hydrogen-bond acceptors (Lipinski definition) is 4. The number of fused-ring (bicyclic) bond motifs is 1. The molecule has 4 aromatic rings. The lowest BCUT2D eigenvalue weighted by Gasteiger charge is -2.16. The third-order valence-electron chi connectivity index (χ3n) is 5.28. The Morgan fingerprint density at radius 3 is 2.31 bits per heavy atom. The Kier molecular flexibility index (Phi) is 6.89. The van der Waals surface area contributed by atoms with E-state index in [0.717, 1.165) is 6.07 Å². The zero-order valence-electron chi connectivity index (χ0n) is 18.4. The SMILES string of the molecule is CCC(=O)Oc1c(NC(=O)c2c(F)cccc2Cl)cccc1-n1c(=O)n(C)c2cc(Cl)c(Cl)cc21. The van der Waals surface area contributed by atoms with E-state index in [1.807, 2.05) is 0 Å². The van der Waals surface area contributed by atoms with Gasteiger partial charge in [-0.1, -0.05) is 53.9 Å². The number of benzene rings is 3. The molecular formula is C24H17Cl3FN3O4. The van der Waals surface area contributed by atoms with Gasteiger partial charge in [0.05, 0.1) is 43.0 Å². The second-order valence-electron chi connectivity index (χ2n) is 7.46. The first-order valence-corrected chi connectivity index (χ1v) is 11.4. The average Bonchev–Trinajstić information content (AvgIpc) is 3.04. The second kappa shape index (κ2) is 9.73. The monoisotopic (exact) mass is 535 g/mol. The normalized spacial score (nSPS) is 11.0. The molecule has 0 aliphatic heterocycles. The van der Waals surface area contributed by atoms with Crippen LogP contribution >= 0.6 is 34.8 Å². The predicted octanol–water partition coefficient (Wildman–Crippen LogP) is 6.00. The fraction of sp³-hybridized carbons (Fsp3) is 0.125. The van der Waals surface area contributed by atoms with Crippen molar-refractivity contribution in [3.8, 4) is 11.4 Å². The Hall–Kier alpha value is -3.33. The van der Waals surface area contributed by atoms with Crippen LogP contribution in [-0.4, -0.2) is 21.0 Å². The molecule has 0 spiro atoms. The zero-order valence-corrected chi connectivity index (χ0v) is 20.6. The number of rotatable bonds is 5. The Morgan fingerprint density at radius 2 is 1.66 bits per heavy atom. The summed E-state index contributed by atoms with van der Waals surface area (Å²) in [7, 11) is 1.55. The fourth-order valence-corrected chi connectivity index (χ4v) is 4.12. The molecule has 0 saturated carbocycles. The zero-order chi connectivity index (χ0) is 25.4. The van der Waals surface area contributed by atoms with Crippen LogP contribution in [0, 0.1) is 5.82 Å². The fourth-order valence-electron chi connectivity index (χ4n) is 3.55. The molecule has 180 valence electrons. The highest BCUT2D eigenvalue weighted by atomic mass is 35.5. The van der Waals surface area contributed by atoms with Crippen molar-refractivity contribution in [2.75, 3.05) is 5.32 Å². The quantitative estimate of drug-likeness (QED) is 0.251. The molecule has 11 heteroatoms. The first-order chi connectivity index (χ1) is 16.6. The first kappa shape index (κ1) is 24.8. The van der Waals surface area contributed by atoms with Gasteiger partial charge in [-0.3, -0.25) is 18.7 Å². The largest absolute Gasteiger partial charge is 0.422 e. The number of carbonyl (C=O) groups is 2. The van der Waals surface area contributed by atoms with Gasteiger partial charge in [0.15, 0.2) is 5.75 Å². The second-order valence-corrected chi connectivity index (χ2v) is 8.69. The molecule has 0 unspecified atom stereocenters. The summed E-state index contributed by atoms with van der Waals surface area (Å²) in [5.41, 5.74) is 0.186. The Bertz CT molecular complexity index is 1540. The van der Waals surface area contributed by atoms with Gasteiger partial charge in [-0.05, 0) is 36.4 Å². The van der Waals surface area contributed by atoms with Gasteiger partial charge in [-0.2, -0.15) is 0 Å². The molecule has 0 saturated heterocycles. The molecule has 1 aromatic heterocycles. The number of nitrogens with one attached hydrogen (secondary N) is 1. The van der Waals surface area contributed by atoms with Crippen LogP contribution in [0.3, 0.4) is 0 Å². The molecule has 0 aliphatic carbocycles. The smallest absolute Gasteiger partial charge is 0.333 e. The van der Waals surface area contributed by atoms with E-state index in [9.17, 15) is 18.8 Å². The number of aromatic nitrogens is 2. The van der Waals surface area contributed by atoms with Crippen molar-refractivity contribution in [2.24, 2.45) is 7.05 Å². The Morgan fingerprint density at radius 1 is 1.00 bits per heavy atom. The van der Waals surface area contributed by atoms with E-state index in [4.69, 9.17) is 39.5 Å². The van der Waals surface area contributed by atoms with Crippen LogP contribution in [0.25, 0.3) is 16.7 Å². The van der Waals surface area contributed by atoms with Gasteiger partial charge in [0.2, 0.25) is 0 Å². The minimum atomic E-state index is -0.862. The molecule has 1 amide bonds.